The van der Waals surface area contributed by atoms with Crippen LogP contribution in [0.2, 0.25) is 0 Å². The van der Waals surface area contributed by atoms with Crippen molar-refractivity contribution in [3.8, 4) is 0 Å². The second-order valence-corrected chi connectivity index (χ2v) is 6.20. The molecule has 1 atom stereocenters. The third kappa shape index (κ3) is 4.46. The largest absolute Gasteiger partial charge is 0.480 e. The molecule has 1 fully saturated rings. The van der Waals surface area contributed by atoms with E-state index >= 15 is 0 Å². The average molecular weight is 270 g/mol. The van der Waals surface area contributed by atoms with E-state index in [1.807, 2.05) is 0 Å². The SMILES string of the molecule is CCCNC(CN(CC)CC(C)C)(C(=O)O)C1CC1. The zero-order valence-electron chi connectivity index (χ0n) is 12.9. The van der Waals surface area contributed by atoms with Gasteiger partial charge in [-0.25, -0.2) is 0 Å². The van der Waals surface area contributed by atoms with Crippen molar-refractivity contribution < 1.29 is 9.90 Å². The van der Waals surface area contributed by atoms with E-state index in [1.165, 1.54) is 0 Å². The van der Waals surface area contributed by atoms with Crippen LogP contribution in [0.15, 0.2) is 0 Å². The molecule has 4 heteroatoms. The molecule has 0 bridgehead atoms. The smallest absolute Gasteiger partial charge is 0.325 e. The molecule has 19 heavy (non-hydrogen) atoms. The van der Waals surface area contributed by atoms with Gasteiger partial charge in [0.15, 0.2) is 0 Å². The van der Waals surface area contributed by atoms with Gasteiger partial charge in [-0.1, -0.05) is 27.7 Å². The predicted octanol–water partition coefficient (Wildman–Crippen LogP) is 2.20. The Kier molecular flexibility index (Phi) is 6.27. The molecule has 0 heterocycles. The molecule has 1 rings (SSSR count). The second-order valence-electron chi connectivity index (χ2n) is 6.20. The number of aliphatic carboxylic acids is 1. The van der Waals surface area contributed by atoms with E-state index in [-0.39, 0.29) is 0 Å². The maximum absolute atomic E-state index is 11.9. The van der Waals surface area contributed by atoms with Crippen LogP contribution in [-0.4, -0.2) is 47.7 Å². The highest BCUT2D eigenvalue weighted by atomic mass is 16.4. The van der Waals surface area contributed by atoms with Crippen molar-refractivity contribution in [3.63, 3.8) is 0 Å². The summed E-state index contributed by atoms with van der Waals surface area (Å²) < 4.78 is 0. The number of carboxylic acids is 1. The highest BCUT2D eigenvalue weighted by molar-refractivity contribution is 5.80. The summed E-state index contributed by atoms with van der Waals surface area (Å²) in [4.78, 5) is 14.1. The first-order valence-electron chi connectivity index (χ1n) is 7.67. The van der Waals surface area contributed by atoms with Crippen LogP contribution in [0.4, 0.5) is 0 Å². The standard InChI is InChI=1S/C15H30N2O2/c1-5-9-16-15(14(18)19,13-7-8-13)11-17(6-2)10-12(3)4/h12-13,16H,5-11H2,1-4H3,(H,18,19). The van der Waals surface area contributed by atoms with Gasteiger partial charge < -0.3 is 15.3 Å². The Labute approximate surface area is 117 Å². The normalized spacial score (nSPS) is 18.8. The highest BCUT2D eigenvalue weighted by Crippen LogP contribution is 2.40. The van der Waals surface area contributed by atoms with Gasteiger partial charge in [-0.15, -0.1) is 0 Å². The molecular weight excluding hydrogens is 240 g/mol. The molecule has 0 aliphatic heterocycles. The van der Waals surface area contributed by atoms with Gasteiger partial charge in [-0.2, -0.15) is 0 Å². The molecular formula is C15H30N2O2. The molecule has 112 valence electrons. The fourth-order valence-electron chi connectivity index (χ4n) is 2.75. The van der Waals surface area contributed by atoms with Crippen molar-refractivity contribution in [2.75, 3.05) is 26.2 Å². The van der Waals surface area contributed by atoms with E-state index in [9.17, 15) is 9.90 Å². The van der Waals surface area contributed by atoms with Crippen LogP contribution in [0.25, 0.3) is 0 Å². The minimum Gasteiger partial charge on any atom is -0.480 e. The summed E-state index contributed by atoms with van der Waals surface area (Å²) in [5.74, 6) is 0.195. The Morgan fingerprint density at radius 2 is 2.05 bits per heavy atom. The van der Waals surface area contributed by atoms with E-state index in [1.54, 1.807) is 0 Å². The van der Waals surface area contributed by atoms with Crippen LogP contribution >= 0.6 is 0 Å². The fraction of sp³-hybridized carbons (Fsp3) is 0.933. The predicted molar refractivity (Wildman–Crippen MR) is 78.3 cm³/mol. The van der Waals surface area contributed by atoms with E-state index in [4.69, 9.17) is 0 Å². The van der Waals surface area contributed by atoms with Crippen molar-refractivity contribution in [2.24, 2.45) is 11.8 Å². The van der Waals surface area contributed by atoms with Crippen LogP contribution < -0.4 is 5.32 Å². The van der Waals surface area contributed by atoms with Crippen LogP contribution in [0.5, 0.6) is 0 Å². The average Bonchev–Trinajstić information content (AvgIpc) is 3.16. The number of carbonyl (C=O) groups is 1. The molecule has 0 spiro atoms. The van der Waals surface area contributed by atoms with Gasteiger partial charge in [0.2, 0.25) is 0 Å². The maximum atomic E-state index is 11.9. The Morgan fingerprint density at radius 3 is 2.42 bits per heavy atom. The number of rotatable bonds is 10. The summed E-state index contributed by atoms with van der Waals surface area (Å²) in [5, 5.41) is 13.1. The summed E-state index contributed by atoms with van der Waals surface area (Å²) in [6.45, 7) is 11.8. The molecule has 1 aliphatic carbocycles. The van der Waals surface area contributed by atoms with Crippen molar-refractivity contribution in [1.29, 1.82) is 0 Å². The lowest BCUT2D eigenvalue weighted by Gasteiger charge is -2.36. The Bertz CT molecular complexity index is 290. The highest BCUT2D eigenvalue weighted by Gasteiger charge is 2.51. The van der Waals surface area contributed by atoms with Gasteiger partial charge in [0, 0.05) is 13.1 Å². The summed E-state index contributed by atoms with van der Waals surface area (Å²) >= 11 is 0. The molecule has 1 unspecified atom stereocenters. The first kappa shape index (κ1) is 16.4. The monoisotopic (exact) mass is 270 g/mol. The molecule has 0 radical (unpaired) electrons. The lowest BCUT2D eigenvalue weighted by atomic mass is 9.91. The van der Waals surface area contributed by atoms with Crippen molar-refractivity contribution in [2.45, 2.75) is 52.5 Å². The second kappa shape index (κ2) is 7.25. The van der Waals surface area contributed by atoms with Crippen molar-refractivity contribution in [3.05, 3.63) is 0 Å². The third-order valence-electron chi connectivity index (χ3n) is 3.89. The molecule has 0 aromatic rings. The minimum absolute atomic E-state index is 0.303. The van der Waals surface area contributed by atoms with Gasteiger partial charge >= 0.3 is 5.97 Å². The lowest BCUT2D eigenvalue weighted by Crippen LogP contribution is -2.61. The first-order valence-corrected chi connectivity index (χ1v) is 7.67. The Morgan fingerprint density at radius 1 is 1.42 bits per heavy atom. The van der Waals surface area contributed by atoms with Crippen LogP contribution in [0, 0.1) is 11.8 Å². The number of carboxylic acid groups (broad SMARTS) is 1. The zero-order chi connectivity index (χ0) is 14.5. The third-order valence-corrected chi connectivity index (χ3v) is 3.89. The molecule has 0 aromatic carbocycles. The molecule has 0 aromatic heterocycles. The van der Waals surface area contributed by atoms with Crippen LogP contribution in [0.3, 0.4) is 0 Å². The van der Waals surface area contributed by atoms with E-state index < -0.39 is 11.5 Å². The van der Waals surface area contributed by atoms with Crippen molar-refractivity contribution in [1.82, 2.24) is 10.2 Å². The van der Waals surface area contributed by atoms with Gasteiger partial charge in [0.05, 0.1) is 0 Å². The number of nitrogens with zero attached hydrogens (tertiary/aromatic N) is 1. The van der Waals surface area contributed by atoms with Crippen LogP contribution in [0.1, 0.15) is 47.0 Å². The Balaban J connectivity index is 2.79. The molecule has 4 nitrogen and oxygen atoms in total. The van der Waals surface area contributed by atoms with Gasteiger partial charge in [0.25, 0.3) is 0 Å². The summed E-state index contributed by atoms with van der Waals surface area (Å²) in [6, 6.07) is 0. The lowest BCUT2D eigenvalue weighted by molar-refractivity contribution is -0.147. The number of hydrogen-bond acceptors (Lipinski definition) is 3. The van der Waals surface area contributed by atoms with E-state index in [0.717, 1.165) is 38.9 Å². The topological polar surface area (TPSA) is 52.6 Å². The molecule has 2 N–H and O–H groups in total. The minimum atomic E-state index is -0.735. The summed E-state index contributed by atoms with van der Waals surface area (Å²) in [6.07, 6.45) is 3.06. The number of likely N-dealkylation sites (N-methyl/N-ethyl adjacent to an activating group) is 1. The van der Waals surface area contributed by atoms with Gasteiger partial charge in [0.1, 0.15) is 5.54 Å². The number of nitrogens with one attached hydrogen (secondary N) is 1. The Hall–Kier alpha value is -0.610. The first-order chi connectivity index (χ1) is 8.96. The van der Waals surface area contributed by atoms with Gasteiger partial charge in [-0.3, -0.25) is 4.79 Å². The maximum Gasteiger partial charge on any atom is 0.325 e. The number of hydrogen-bond donors (Lipinski definition) is 2. The molecule has 1 saturated carbocycles. The van der Waals surface area contributed by atoms with Crippen molar-refractivity contribution >= 4 is 5.97 Å². The summed E-state index contributed by atoms with van der Waals surface area (Å²) in [5.41, 5.74) is -0.735. The molecule has 0 amide bonds. The van der Waals surface area contributed by atoms with E-state index in [0.29, 0.717) is 18.4 Å². The molecule has 1 aliphatic rings. The summed E-state index contributed by atoms with van der Waals surface area (Å²) in [7, 11) is 0. The van der Waals surface area contributed by atoms with Gasteiger partial charge in [-0.05, 0) is 44.2 Å². The quantitative estimate of drug-likeness (QED) is 0.639. The molecule has 0 saturated heterocycles. The van der Waals surface area contributed by atoms with E-state index in [2.05, 4.69) is 37.9 Å². The zero-order valence-corrected chi connectivity index (χ0v) is 12.9. The fourth-order valence-corrected chi connectivity index (χ4v) is 2.75. The van der Waals surface area contributed by atoms with Crippen LogP contribution in [-0.2, 0) is 4.79 Å².